The van der Waals surface area contributed by atoms with Crippen LogP contribution in [0.3, 0.4) is 0 Å². The second kappa shape index (κ2) is 7.48. The maximum absolute atomic E-state index is 12.7. The summed E-state index contributed by atoms with van der Waals surface area (Å²) in [4.78, 5) is 12.5. The molecule has 8 heteroatoms. The Kier molecular flexibility index (Phi) is 5.41. The molecule has 0 fully saturated rings. The molecule has 3 aromatic rings. The summed E-state index contributed by atoms with van der Waals surface area (Å²) in [5, 5.41) is 0.971. The van der Waals surface area contributed by atoms with Gasteiger partial charge in [-0.05, 0) is 69.7 Å². The number of furan rings is 1. The number of esters is 1. The van der Waals surface area contributed by atoms with Crippen molar-refractivity contribution in [1.29, 1.82) is 0 Å². The van der Waals surface area contributed by atoms with E-state index >= 15 is 0 Å². The summed E-state index contributed by atoms with van der Waals surface area (Å²) in [6, 6.07) is 9.21. The number of halogens is 1. The standard InChI is InChI=1S/C20H20ClNO5S/c1-11(2)26-20(23)19-13(4)27-18-8-5-14(10-16(18)19)22-28(24,25)15-6-7-17(21)12(3)9-15/h5-11,22H,1-4H3. The second-order valence-electron chi connectivity index (χ2n) is 6.71. The van der Waals surface area contributed by atoms with Crippen LogP contribution in [-0.4, -0.2) is 20.5 Å². The lowest BCUT2D eigenvalue weighted by Gasteiger charge is -2.10. The first-order valence-corrected chi connectivity index (χ1v) is 10.5. The summed E-state index contributed by atoms with van der Waals surface area (Å²) in [7, 11) is -3.82. The van der Waals surface area contributed by atoms with Crippen molar-refractivity contribution in [2.24, 2.45) is 0 Å². The Morgan fingerprint density at radius 3 is 2.50 bits per heavy atom. The third-order valence-corrected chi connectivity index (χ3v) is 5.91. The Hall–Kier alpha value is -2.51. The Balaban J connectivity index is 2.00. The van der Waals surface area contributed by atoms with E-state index in [0.29, 0.717) is 33.0 Å². The van der Waals surface area contributed by atoms with E-state index in [0.717, 1.165) is 0 Å². The molecule has 0 aliphatic carbocycles. The fourth-order valence-electron chi connectivity index (χ4n) is 2.81. The molecule has 0 aliphatic heterocycles. The molecule has 0 saturated heterocycles. The monoisotopic (exact) mass is 421 g/mol. The normalized spacial score (nSPS) is 11.8. The Morgan fingerprint density at radius 2 is 1.86 bits per heavy atom. The molecule has 1 aromatic heterocycles. The molecule has 0 amide bonds. The molecule has 3 rings (SSSR count). The van der Waals surface area contributed by atoms with Gasteiger partial charge in [-0.3, -0.25) is 4.72 Å². The zero-order chi connectivity index (χ0) is 20.6. The number of hydrogen-bond donors (Lipinski definition) is 1. The van der Waals surface area contributed by atoms with E-state index in [4.69, 9.17) is 20.8 Å². The van der Waals surface area contributed by atoms with E-state index in [9.17, 15) is 13.2 Å². The van der Waals surface area contributed by atoms with Gasteiger partial charge in [-0.1, -0.05) is 11.6 Å². The highest BCUT2D eigenvalue weighted by atomic mass is 35.5. The molecule has 0 atom stereocenters. The number of sulfonamides is 1. The molecule has 0 bridgehead atoms. The second-order valence-corrected chi connectivity index (χ2v) is 8.80. The number of benzene rings is 2. The van der Waals surface area contributed by atoms with Gasteiger partial charge in [-0.25, -0.2) is 13.2 Å². The number of rotatable bonds is 5. The van der Waals surface area contributed by atoms with Gasteiger partial charge in [0, 0.05) is 16.1 Å². The molecule has 0 spiro atoms. The van der Waals surface area contributed by atoms with Crippen LogP contribution >= 0.6 is 11.6 Å². The number of carbonyl (C=O) groups excluding carboxylic acids is 1. The van der Waals surface area contributed by atoms with Crippen LogP contribution in [0, 0.1) is 13.8 Å². The van der Waals surface area contributed by atoms with Gasteiger partial charge in [0.2, 0.25) is 0 Å². The summed E-state index contributed by atoms with van der Waals surface area (Å²) < 4.78 is 38.8. The van der Waals surface area contributed by atoms with E-state index in [-0.39, 0.29) is 16.6 Å². The summed E-state index contributed by atoms with van der Waals surface area (Å²) in [6.45, 7) is 6.90. The highest BCUT2D eigenvalue weighted by Crippen LogP contribution is 2.30. The first-order valence-electron chi connectivity index (χ1n) is 8.61. The summed E-state index contributed by atoms with van der Waals surface area (Å²) >= 11 is 5.97. The van der Waals surface area contributed by atoms with Crippen molar-refractivity contribution < 1.29 is 22.4 Å². The quantitative estimate of drug-likeness (QED) is 0.581. The van der Waals surface area contributed by atoms with E-state index in [1.165, 1.54) is 18.2 Å². The van der Waals surface area contributed by atoms with Crippen molar-refractivity contribution in [3.63, 3.8) is 0 Å². The minimum absolute atomic E-state index is 0.0947. The van der Waals surface area contributed by atoms with Crippen LogP contribution in [0.2, 0.25) is 5.02 Å². The average Bonchev–Trinajstić information content (AvgIpc) is 2.91. The van der Waals surface area contributed by atoms with E-state index in [2.05, 4.69) is 4.72 Å². The predicted molar refractivity (Wildman–Crippen MR) is 109 cm³/mol. The Labute approximate surface area is 168 Å². The van der Waals surface area contributed by atoms with Gasteiger partial charge in [-0.15, -0.1) is 0 Å². The van der Waals surface area contributed by atoms with Crippen molar-refractivity contribution >= 4 is 44.3 Å². The summed E-state index contributed by atoms with van der Waals surface area (Å²) in [5.41, 5.74) is 1.72. The van der Waals surface area contributed by atoms with Crippen molar-refractivity contribution in [3.05, 3.63) is 58.3 Å². The van der Waals surface area contributed by atoms with E-state index in [1.54, 1.807) is 45.9 Å². The lowest BCUT2D eigenvalue weighted by molar-refractivity contribution is 0.0378. The van der Waals surface area contributed by atoms with Crippen LogP contribution < -0.4 is 4.72 Å². The number of ether oxygens (including phenoxy) is 1. The van der Waals surface area contributed by atoms with Gasteiger partial charge in [-0.2, -0.15) is 0 Å². The lowest BCUT2D eigenvalue weighted by atomic mass is 10.1. The largest absolute Gasteiger partial charge is 0.460 e. The number of nitrogens with one attached hydrogen (secondary N) is 1. The van der Waals surface area contributed by atoms with Gasteiger partial charge in [0.1, 0.15) is 16.9 Å². The Bertz CT molecular complexity index is 1160. The number of fused-ring (bicyclic) bond motifs is 1. The summed E-state index contributed by atoms with van der Waals surface area (Å²) in [6.07, 6.45) is -0.285. The van der Waals surface area contributed by atoms with Crippen molar-refractivity contribution in [1.82, 2.24) is 0 Å². The number of anilines is 1. The van der Waals surface area contributed by atoms with Gasteiger partial charge < -0.3 is 9.15 Å². The van der Waals surface area contributed by atoms with Crippen molar-refractivity contribution in [2.45, 2.75) is 38.7 Å². The highest BCUT2D eigenvalue weighted by molar-refractivity contribution is 7.92. The zero-order valence-electron chi connectivity index (χ0n) is 15.9. The van der Waals surface area contributed by atoms with Crippen LogP contribution in [0.25, 0.3) is 11.0 Å². The minimum Gasteiger partial charge on any atom is -0.460 e. The zero-order valence-corrected chi connectivity index (χ0v) is 17.4. The van der Waals surface area contributed by atoms with Crippen LogP contribution in [0.4, 0.5) is 5.69 Å². The van der Waals surface area contributed by atoms with Gasteiger partial charge >= 0.3 is 5.97 Å². The van der Waals surface area contributed by atoms with E-state index in [1.807, 2.05) is 0 Å². The lowest BCUT2D eigenvalue weighted by Crippen LogP contribution is -2.13. The molecule has 0 aliphatic rings. The maximum atomic E-state index is 12.7. The molecule has 0 radical (unpaired) electrons. The van der Waals surface area contributed by atoms with E-state index < -0.39 is 16.0 Å². The molecular weight excluding hydrogens is 402 g/mol. The molecule has 1 heterocycles. The molecule has 6 nitrogen and oxygen atoms in total. The topological polar surface area (TPSA) is 85.6 Å². The smallest absolute Gasteiger partial charge is 0.342 e. The van der Waals surface area contributed by atoms with Gasteiger partial charge in [0.25, 0.3) is 10.0 Å². The van der Waals surface area contributed by atoms with Crippen molar-refractivity contribution in [2.75, 3.05) is 4.72 Å². The van der Waals surface area contributed by atoms with Gasteiger partial charge in [0.15, 0.2) is 0 Å². The highest BCUT2D eigenvalue weighted by Gasteiger charge is 2.22. The first kappa shape index (κ1) is 20.2. The molecule has 2 aromatic carbocycles. The Morgan fingerprint density at radius 1 is 1.14 bits per heavy atom. The minimum atomic E-state index is -3.82. The number of carbonyl (C=O) groups is 1. The third kappa shape index (κ3) is 4.00. The fourth-order valence-corrected chi connectivity index (χ4v) is 4.06. The third-order valence-electron chi connectivity index (χ3n) is 4.10. The molecule has 28 heavy (non-hydrogen) atoms. The number of aryl methyl sites for hydroxylation is 2. The fraction of sp³-hybridized carbons (Fsp3) is 0.250. The maximum Gasteiger partial charge on any atom is 0.342 e. The molecule has 148 valence electrons. The van der Waals surface area contributed by atoms with Crippen LogP contribution in [0.1, 0.15) is 35.5 Å². The first-order chi connectivity index (χ1) is 13.1. The SMILES string of the molecule is Cc1cc(S(=O)(=O)Nc2ccc3oc(C)c(C(=O)OC(C)C)c3c2)ccc1Cl. The molecule has 0 unspecified atom stereocenters. The molecule has 1 N–H and O–H groups in total. The van der Waals surface area contributed by atoms with Crippen molar-refractivity contribution in [3.8, 4) is 0 Å². The predicted octanol–water partition coefficient (Wildman–Crippen LogP) is 5.07. The van der Waals surface area contributed by atoms with Gasteiger partial charge in [0.05, 0.1) is 11.0 Å². The molecular formula is C20H20ClNO5S. The number of hydrogen-bond acceptors (Lipinski definition) is 5. The van der Waals surface area contributed by atoms with Crippen LogP contribution in [0.15, 0.2) is 45.7 Å². The average molecular weight is 422 g/mol. The van der Waals surface area contributed by atoms with Crippen LogP contribution in [-0.2, 0) is 14.8 Å². The van der Waals surface area contributed by atoms with Crippen LogP contribution in [0.5, 0.6) is 0 Å². The summed E-state index contributed by atoms with van der Waals surface area (Å²) in [5.74, 6) is -0.103. The molecule has 0 saturated carbocycles.